The summed E-state index contributed by atoms with van der Waals surface area (Å²) in [5, 5.41) is 3.25. The molecule has 0 spiro atoms. The van der Waals surface area contributed by atoms with Gasteiger partial charge in [0.2, 0.25) is 0 Å². The maximum atomic E-state index is 12.1. The average molecular weight is 233 g/mol. The highest BCUT2D eigenvalue weighted by atomic mass is 16.1. The lowest BCUT2D eigenvalue weighted by Gasteiger charge is -2.14. The van der Waals surface area contributed by atoms with E-state index in [9.17, 15) is 4.79 Å². The number of nitrogens with zero attached hydrogens (tertiary/aromatic N) is 2. The second kappa shape index (κ2) is 3.86. The van der Waals surface area contributed by atoms with Crippen molar-refractivity contribution in [1.82, 2.24) is 9.55 Å². The van der Waals surface area contributed by atoms with Crippen LogP contribution in [-0.2, 0) is 0 Å². The summed E-state index contributed by atoms with van der Waals surface area (Å²) in [5.74, 6) is 0.527. The van der Waals surface area contributed by atoms with Gasteiger partial charge in [-0.15, -0.1) is 0 Å². The van der Waals surface area contributed by atoms with E-state index in [1.165, 1.54) is 19.3 Å². The van der Waals surface area contributed by atoms with Crippen molar-refractivity contribution in [2.24, 2.45) is 5.41 Å². The van der Waals surface area contributed by atoms with Crippen LogP contribution in [0.1, 0.15) is 45.1 Å². The Hall–Kier alpha value is -1.32. The molecule has 4 heteroatoms. The zero-order valence-corrected chi connectivity index (χ0v) is 10.3. The summed E-state index contributed by atoms with van der Waals surface area (Å²) in [4.78, 5) is 16.3. The predicted octanol–water partition coefficient (Wildman–Crippen LogP) is 2.18. The molecule has 0 atom stereocenters. The first kappa shape index (κ1) is 10.8. The third-order valence-electron chi connectivity index (χ3n) is 4.15. The molecule has 1 N–H and O–H groups in total. The Balaban J connectivity index is 1.74. The molecule has 1 aromatic heterocycles. The molecular formula is C13H19N3O. The fourth-order valence-corrected chi connectivity index (χ4v) is 2.29. The minimum Gasteiger partial charge on any atom is -0.365 e. The van der Waals surface area contributed by atoms with Gasteiger partial charge in [-0.2, -0.15) is 0 Å². The third-order valence-corrected chi connectivity index (χ3v) is 4.15. The Morgan fingerprint density at radius 1 is 1.53 bits per heavy atom. The van der Waals surface area contributed by atoms with E-state index in [2.05, 4.69) is 17.2 Å². The van der Waals surface area contributed by atoms with Crippen LogP contribution < -0.4 is 10.9 Å². The minimum atomic E-state index is 0.0434. The molecule has 0 amide bonds. The monoisotopic (exact) mass is 233 g/mol. The van der Waals surface area contributed by atoms with Crippen molar-refractivity contribution in [2.75, 3.05) is 11.9 Å². The van der Waals surface area contributed by atoms with Gasteiger partial charge in [-0.3, -0.25) is 4.79 Å². The summed E-state index contributed by atoms with van der Waals surface area (Å²) in [6, 6.07) is 0.423. The molecule has 2 aliphatic carbocycles. The molecule has 3 rings (SSSR count). The van der Waals surface area contributed by atoms with Crippen LogP contribution in [0.5, 0.6) is 0 Å². The van der Waals surface area contributed by atoms with Crippen LogP contribution >= 0.6 is 0 Å². The highest BCUT2D eigenvalue weighted by Gasteiger charge is 2.40. The highest BCUT2D eigenvalue weighted by molar-refractivity contribution is 5.32. The quantitative estimate of drug-likeness (QED) is 0.848. The van der Waals surface area contributed by atoms with E-state index >= 15 is 0 Å². The molecule has 0 aromatic carbocycles. The van der Waals surface area contributed by atoms with Crippen molar-refractivity contribution in [2.45, 2.75) is 45.1 Å². The lowest BCUT2D eigenvalue weighted by molar-refractivity contribution is 0.519. The summed E-state index contributed by atoms with van der Waals surface area (Å²) in [7, 11) is 0. The summed E-state index contributed by atoms with van der Waals surface area (Å²) >= 11 is 0. The topological polar surface area (TPSA) is 46.9 Å². The van der Waals surface area contributed by atoms with Crippen molar-refractivity contribution in [1.29, 1.82) is 0 Å². The van der Waals surface area contributed by atoms with Gasteiger partial charge in [0.25, 0.3) is 5.56 Å². The van der Waals surface area contributed by atoms with Crippen LogP contribution in [0.2, 0.25) is 0 Å². The van der Waals surface area contributed by atoms with E-state index in [1.807, 2.05) is 4.57 Å². The molecule has 0 radical (unpaired) electrons. The van der Waals surface area contributed by atoms with E-state index in [0.717, 1.165) is 19.4 Å². The molecule has 17 heavy (non-hydrogen) atoms. The maximum Gasteiger partial charge on any atom is 0.293 e. The SMILES string of the molecule is CCC1(CNc2nccn(C3CC3)c2=O)CC1. The van der Waals surface area contributed by atoms with Crippen molar-refractivity contribution in [3.05, 3.63) is 22.7 Å². The normalized spacial score (nSPS) is 21.2. The van der Waals surface area contributed by atoms with Crippen LogP contribution in [0.25, 0.3) is 0 Å². The molecule has 1 aromatic rings. The summed E-state index contributed by atoms with van der Waals surface area (Å²) < 4.78 is 1.82. The maximum absolute atomic E-state index is 12.1. The van der Waals surface area contributed by atoms with Crippen LogP contribution in [0.4, 0.5) is 5.82 Å². The van der Waals surface area contributed by atoms with Gasteiger partial charge in [-0.25, -0.2) is 4.98 Å². The average Bonchev–Trinajstić information content (AvgIpc) is 3.23. The molecule has 2 fully saturated rings. The van der Waals surface area contributed by atoms with Gasteiger partial charge in [-0.1, -0.05) is 6.92 Å². The van der Waals surface area contributed by atoms with E-state index in [1.54, 1.807) is 12.4 Å². The first-order valence-corrected chi connectivity index (χ1v) is 6.55. The fraction of sp³-hybridized carbons (Fsp3) is 0.692. The Kier molecular flexibility index (Phi) is 2.45. The Morgan fingerprint density at radius 2 is 2.29 bits per heavy atom. The molecule has 0 unspecified atom stereocenters. The third kappa shape index (κ3) is 2.08. The van der Waals surface area contributed by atoms with E-state index < -0.39 is 0 Å². The Labute approximate surface area is 101 Å². The minimum absolute atomic E-state index is 0.0434. The molecule has 4 nitrogen and oxygen atoms in total. The second-order valence-electron chi connectivity index (χ2n) is 5.43. The standard InChI is InChI=1S/C13H19N3O/c1-2-13(5-6-13)9-15-11-12(17)16(8-7-14-11)10-3-4-10/h7-8,10H,2-6,9H2,1H3,(H,14,15). The van der Waals surface area contributed by atoms with E-state index in [-0.39, 0.29) is 5.56 Å². The van der Waals surface area contributed by atoms with Crippen molar-refractivity contribution in [3.8, 4) is 0 Å². The number of aromatic nitrogens is 2. The summed E-state index contributed by atoms with van der Waals surface area (Å²) in [5.41, 5.74) is 0.482. The number of hydrogen-bond donors (Lipinski definition) is 1. The summed E-state index contributed by atoms with van der Waals surface area (Å²) in [6.07, 6.45) is 9.53. The Bertz CT molecular complexity index is 472. The zero-order valence-electron chi connectivity index (χ0n) is 10.3. The molecule has 92 valence electrons. The van der Waals surface area contributed by atoms with E-state index in [0.29, 0.717) is 17.3 Å². The molecular weight excluding hydrogens is 214 g/mol. The van der Waals surface area contributed by atoms with Crippen LogP contribution in [0.3, 0.4) is 0 Å². The van der Waals surface area contributed by atoms with Gasteiger partial charge in [0, 0.05) is 25.0 Å². The number of nitrogens with one attached hydrogen (secondary N) is 1. The van der Waals surface area contributed by atoms with Gasteiger partial charge in [0.05, 0.1) is 0 Å². The van der Waals surface area contributed by atoms with Gasteiger partial charge in [-0.05, 0) is 37.5 Å². The molecule has 0 saturated heterocycles. The predicted molar refractivity (Wildman–Crippen MR) is 67.2 cm³/mol. The van der Waals surface area contributed by atoms with Crippen LogP contribution in [-0.4, -0.2) is 16.1 Å². The number of rotatable bonds is 5. The smallest absolute Gasteiger partial charge is 0.293 e. The molecule has 2 saturated carbocycles. The first-order valence-electron chi connectivity index (χ1n) is 6.55. The molecule has 1 heterocycles. The van der Waals surface area contributed by atoms with Crippen LogP contribution in [0.15, 0.2) is 17.2 Å². The van der Waals surface area contributed by atoms with Gasteiger partial charge in [0.1, 0.15) is 0 Å². The molecule has 0 aliphatic heterocycles. The lowest BCUT2D eigenvalue weighted by Crippen LogP contribution is -2.26. The fourth-order valence-electron chi connectivity index (χ4n) is 2.29. The largest absolute Gasteiger partial charge is 0.365 e. The zero-order chi connectivity index (χ0) is 11.9. The molecule has 2 aliphatic rings. The van der Waals surface area contributed by atoms with Crippen molar-refractivity contribution < 1.29 is 0 Å². The Morgan fingerprint density at radius 3 is 2.88 bits per heavy atom. The summed E-state index contributed by atoms with van der Waals surface area (Å²) in [6.45, 7) is 3.11. The van der Waals surface area contributed by atoms with Crippen LogP contribution in [0, 0.1) is 5.41 Å². The lowest BCUT2D eigenvalue weighted by atomic mass is 10.0. The van der Waals surface area contributed by atoms with Crippen molar-refractivity contribution in [3.63, 3.8) is 0 Å². The second-order valence-corrected chi connectivity index (χ2v) is 5.43. The van der Waals surface area contributed by atoms with Gasteiger partial charge < -0.3 is 9.88 Å². The van der Waals surface area contributed by atoms with Gasteiger partial charge >= 0.3 is 0 Å². The first-order chi connectivity index (χ1) is 8.24. The van der Waals surface area contributed by atoms with Gasteiger partial charge in [0.15, 0.2) is 5.82 Å². The van der Waals surface area contributed by atoms with Crippen molar-refractivity contribution >= 4 is 5.82 Å². The number of hydrogen-bond acceptors (Lipinski definition) is 3. The van der Waals surface area contributed by atoms with E-state index in [4.69, 9.17) is 0 Å². The number of anilines is 1. The molecule has 0 bridgehead atoms. The highest BCUT2D eigenvalue weighted by Crippen LogP contribution is 2.48.